The van der Waals surface area contributed by atoms with Crippen LogP contribution in [0.1, 0.15) is 0 Å². The molecule has 1 rings (SSSR count). The lowest BCUT2D eigenvalue weighted by molar-refractivity contribution is 1.10. The highest BCUT2D eigenvalue weighted by Gasteiger charge is 1.82. The fraction of sp³-hybridized carbons (Fsp3) is 0. The molecule has 0 fully saturated rings. The second-order valence-electron chi connectivity index (χ2n) is 1.54. The maximum atomic E-state index is 4.76. The minimum Gasteiger partial charge on any atom is -0.139 e. The molecule has 0 amide bonds. The molecular weight excluding hydrogens is 146 g/mol. The van der Waals surface area contributed by atoms with E-state index in [1.165, 1.54) is 0 Å². The van der Waals surface area contributed by atoms with Gasteiger partial charge in [0, 0.05) is 0 Å². The van der Waals surface area contributed by atoms with Gasteiger partial charge in [-0.3, -0.25) is 0 Å². The third-order valence-corrected chi connectivity index (χ3v) is 1.03. The fourth-order valence-electron chi connectivity index (χ4n) is 0.423. The number of hydrogen-bond acceptors (Lipinski definition) is 3. The largest absolute Gasteiger partial charge is 0.150 e. The average molecular weight is 151 g/mol. The summed E-state index contributed by atoms with van der Waals surface area (Å²) in [5, 5.41) is 10.6. The van der Waals surface area contributed by atoms with E-state index in [4.69, 9.17) is 12.2 Å². The van der Waals surface area contributed by atoms with Gasteiger partial charge in [-0.1, -0.05) is 24.4 Å². The van der Waals surface area contributed by atoms with Crippen molar-refractivity contribution in [1.29, 1.82) is 0 Å². The Hall–Kier alpha value is -1.16. The molecule has 0 saturated carbocycles. The summed E-state index contributed by atoms with van der Waals surface area (Å²) in [7, 11) is 0. The molecule has 0 spiro atoms. The summed E-state index contributed by atoms with van der Waals surface area (Å²) in [5.74, 6) is 0. The Morgan fingerprint density at radius 3 is 3.00 bits per heavy atom. The van der Waals surface area contributed by atoms with Crippen molar-refractivity contribution in [2.75, 3.05) is 0 Å². The van der Waals surface area contributed by atoms with E-state index in [9.17, 15) is 0 Å². The van der Waals surface area contributed by atoms with E-state index in [0.717, 1.165) is 0 Å². The molecule has 1 aliphatic heterocycles. The molecule has 3 nitrogen and oxygen atoms in total. The Kier molecular flexibility index (Phi) is 2.63. The predicted molar refractivity (Wildman–Crippen MR) is 44.2 cm³/mol. The summed E-state index contributed by atoms with van der Waals surface area (Å²) in [4.78, 5) is 0.434. The molecule has 10 heavy (non-hydrogen) atoms. The van der Waals surface area contributed by atoms with E-state index < -0.39 is 0 Å². The van der Waals surface area contributed by atoms with Crippen LogP contribution in [0, 0.1) is 0 Å². The predicted octanol–water partition coefficient (Wildman–Crippen LogP) is 1.88. The molecule has 50 valence electrons. The summed E-state index contributed by atoms with van der Waals surface area (Å²) in [6.45, 7) is 0. The molecule has 0 atom stereocenters. The van der Waals surface area contributed by atoms with Crippen LogP contribution in [0.25, 0.3) is 0 Å². The van der Waals surface area contributed by atoms with Gasteiger partial charge in [-0.05, 0) is 17.4 Å². The van der Waals surface area contributed by atoms with Crippen molar-refractivity contribution in [3.8, 4) is 0 Å². The van der Waals surface area contributed by atoms with Crippen molar-refractivity contribution in [2.24, 2.45) is 15.4 Å². The van der Waals surface area contributed by atoms with Crippen LogP contribution in [-0.4, -0.2) is 11.2 Å². The standard InChI is InChI=1S/C6H5N3S/c10-6-4-2-1-3-5-7-9-8-6/h1-5H. The molecule has 4 heteroatoms. The van der Waals surface area contributed by atoms with Crippen LogP contribution in [-0.2, 0) is 0 Å². The van der Waals surface area contributed by atoms with E-state index in [2.05, 4.69) is 15.4 Å². The first-order chi connectivity index (χ1) is 4.89. The Labute approximate surface area is 63.8 Å². The van der Waals surface area contributed by atoms with Crippen molar-refractivity contribution in [1.82, 2.24) is 0 Å². The number of rotatable bonds is 0. The monoisotopic (exact) mass is 151 g/mol. The minimum absolute atomic E-state index is 0.434. The zero-order valence-electron chi connectivity index (χ0n) is 5.14. The molecule has 0 unspecified atom stereocenters. The molecule has 0 bridgehead atoms. The van der Waals surface area contributed by atoms with Gasteiger partial charge in [-0.15, -0.1) is 10.2 Å². The maximum absolute atomic E-state index is 4.76. The van der Waals surface area contributed by atoms with Crippen LogP contribution in [0.5, 0.6) is 0 Å². The van der Waals surface area contributed by atoms with Gasteiger partial charge >= 0.3 is 0 Å². The van der Waals surface area contributed by atoms with Crippen molar-refractivity contribution in [3.63, 3.8) is 0 Å². The topological polar surface area (TPSA) is 37.1 Å². The first kappa shape index (κ1) is 6.95. The van der Waals surface area contributed by atoms with E-state index in [0.29, 0.717) is 4.99 Å². The molecule has 1 heterocycles. The minimum atomic E-state index is 0.434. The van der Waals surface area contributed by atoms with E-state index in [1.54, 1.807) is 24.4 Å². The summed E-state index contributed by atoms with van der Waals surface area (Å²) in [6, 6.07) is 0. The first-order valence-corrected chi connectivity index (χ1v) is 3.12. The molecule has 1 aliphatic rings. The average Bonchev–Trinajstić information content (AvgIpc) is 2.02. The van der Waals surface area contributed by atoms with E-state index in [-0.39, 0.29) is 0 Å². The van der Waals surface area contributed by atoms with Gasteiger partial charge in [0.15, 0.2) is 4.99 Å². The maximum Gasteiger partial charge on any atom is 0.150 e. The van der Waals surface area contributed by atoms with Crippen molar-refractivity contribution in [2.45, 2.75) is 0 Å². The zero-order chi connectivity index (χ0) is 7.23. The van der Waals surface area contributed by atoms with Crippen molar-refractivity contribution in [3.05, 3.63) is 24.3 Å². The van der Waals surface area contributed by atoms with E-state index >= 15 is 0 Å². The highest BCUT2D eigenvalue weighted by atomic mass is 32.1. The summed E-state index contributed by atoms with van der Waals surface area (Å²) >= 11 is 4.76. The molecule has 0 aliphatic carbocycles. The normalized spacial score (nSPS) is 16.6. The quantitative estimate of drug-likeness (QED) is 0.487. The third-order valence-electron chi connectivity index (χ3n) is 0.809. The van der Waals surface area contributed by atoms with Crippen LogP contribution in [0.4, 0.5) is 0 Å². The smallest absolute Gasteiger partial charge is 0.139 e. The van der Waals surface area contributed by atoms with Gasteiger partial charge in [0.2, 0.25) is 0 Å². The number of hydrogen-bond donors (Lipinski definition) is 0. The second kappa shape index (κ2) is 3.79. The highest BCUT2D eigenvalue weighted by Crippen LogP contribution is 1.89. The third kappa shape index (κ3) is 2.41. The lowest BCUT2D eigenvalue weighted by Crippen LogP contribution is -1.76. The molecule has 0 aromatic heterocycles. The van der Waals surface area contributed by atoms with Gasteiger partial charge in [-0.25, -0.2) is 0 Å². The lowest BCUT2D eigenvalue weighted by atomic mass is 10.4. The van der Waals surface area contributed by atoms with Gasteiger partial charge < -0.3 is 0 Å². The number of allylic oxidation sites excluding steroid dienone is 3. The Morgan fingerprint density at radius 1 is 1.20 bits per heavy atom. The molecule has 0 aromatic carbocycles. The van der Waals surface area contributed by atoms with Gasteiger partial charge in [0.25, 0.3) is 0 Å². The summed E-state index contributed by atoms with van der Waals surface area (Å²) < 4.78 is 0. The van der Waals surface area contributed by atoms with Crippen LogP contribution in [0.15, 0.2) is 39.7 Å². The lowest BCUT2D eigenvalue weighted by Gasteiger charge is -1.77. The van der Waals surface area contributed by atoms with Crippen molar-refractivity contribution < 1.29 is 0 Å². The molecule has 0 aromatic rings. The molecule has 0 radical (unpaired) electrons. The van der Waals surface area contributed by atoms with E-state index in [1.807, 2.05) is 6.08 Å². The van der Waals surface area contributed by atoms with Crippen LogP contribution < -0.4 is 0 Å². The van der Waals surface area contributed by atoms with Gasteiger partial charge in [0.1, 0.15) is 0 Å². The van der Waals surface area contributed by atoms with Crippen LogP contribution in [0.3, 0.4) is 0 Å². The number of nitrogens with zero attached hydrogens (tertiary/aromatic N) is 3. The summed E-state index contributed by atoms with van der Waals surface area (Å²) in [5.41, 5.74) is 0. The SMILES string of the molecule is S=C1C=CC=CC=NN=N1. The molecular formula is C6H5N3S. The molecule has 0 N–H and O–H groups in total. The first-order valence-electron chi connectivity index (χ1n) is 2.71. The Morgan fingerprint density at radius 2 is 2.10 bits per heavy atom. The number of thiocarbonyl (C=S) groups is 1. The van der Waals surface area contributed by atoms with Crippen molar-refractivity contribution >= 4 is 23.4 Å². The fourth-order valence-corrected chi connectivity index (χ4v) is 0.538. The highest BCUT2D eigenvalue weighted by molar-refractivity contribution is 7.80. The Bertz CT molecular complexity index is 213. The van der Waals surface area contributed by atoms with Crippen LogP contribution >= 0.6 is 12.2 Å². The summed E-state index contributed by atoms with van der Waals surface area (Å²) in [6.07, 6.45) is 8.58. The van der Waals surface area contributed by atoms with Crippen LogP contribution in [0.2, 0.25) is 0 Å². The second-order valence-corrected chi connectivity index (χ2v) is 1.95. The molecule has 0 saturated heterocycles. The Balaban J connectivity index is 2.80. The zero-order valence-corrected chi connectivity index (χ0v) is 5.95. The van der Waals surface area contributed by atoms with Gasteiger partial charge in [0.05, 0.1) is 6.21 Å². The van der Waals surface area contributed by atoms with Gasteiger partial charge in [-0.2, -0.15) is 0 Å².